The summed E-state index contributed by atoms with van der Waals surface area (Å²) >= 11 is 0. The number of nitrogens with one attached hydrogen (secondary N) is 1. The highest BCUT2D eigenvalue weighted by molar-refractivity contribution is 5.91. The number of allylic oxidation sites excluding steroid dienone is 1. The zero-order valence-corrected chi connectivity index (χ0v) is 17.9. The van der Waals surface area contributed by atoms with Gasteiger partial charge in [-0.3, -0.25) is 4.79 Å². The molecule has 0 saturated heterocycles. The average molecular weight is 410 g/mol. The fourth-order valence-corrected chi connectivity index (χ4v) is 3.32. The van der Waals surface area contributed by atoms with Gasteiger partial charge in [-0.15, -0.1) is 0 Å². The SMILES string of the molecule is CC(C)(C)[C@H]1C=C(C(=O)NCc2ccccc2)O[C@@H](OCc2ccc(CO)cc2)C1. The Labute approximate surface area is 178 Å². The number of benzene rings is 2. The molecule has 0 saturated carbocycles. The molecule has 0 radical (unpaired) electrons. The highest BCUT2D eigenvalue weighted by atomic mass is 16.7. The number of aliphatic hydroxyl groups is 1. The molecule has 1 aliphatic rings. The van der Waals surface area contributed by atoms with E-state index in [1.807, 2.05) is 60.7 Å². The van der Waals surface area contributed by atoms with E-state index in [2.05, 4.69) is 26.1 Å². The lowest BCUT2D eigenvalue weighted by Gasteiger charge is -2.36. The molecule has 0 aromatic heterocycles. The fraction of sp³-hybridized carbons (Fsp3) is 0.400. The van der Waals surface area contributed by atoms with Gasteiger partial charge in [0.15, 0.2) is 5.76 Å². The standard InChI is InChI=1S/C25H31NO4/c1-25(2,3)21-13-22(24(28)26-15-18-7-5-4-6-8-18)30-23(14-21)29-17-20-11-9-19(16-27)10-12-20/h4-13,21,23,27H,14-17H2,1-3H3,(H,26,28)/t21-,23+/m0/s1. The van der Waals surface area contributed by atoms with Crippen LogP contribution < -0.4 is 5.32 Å². The molecule has 2 aromatic rings. The quantitative estimate of drug-likeness (QED) is 0.715. The molecule has 0 fully saturated rings. The van der Waals surface area contributed by atoms with E-state index < -0.39 is 6.29 Å². The Balaban J connectivity index is 1.64. The van der Waals surface area contributed by atoms with E-state index in [-0.39, 0.29) is 23.8 Å². The number of rotatable bonds is 7. The second-order valence-electron chi connectivity index (χ2n) is 8.74. The Bertz CT molecular complexity index is 853. The van der Waals surface area contributed by atoms with Crippen molar-refractivity contribution in [3.8, 4) is 0 Å². The first-order chi connectivity index (χ1) is 14.3. The Morgan fingerprint density at radius 2 is 1.73 bits per heavy atom. The Kier molecular flexibility index (Phi) is 7.29. The molecule has 3 rings (SSSR count). The minimum Gasteiger partial charge on any atom is -0.459 e. The van der Waals surface area contributed by atoms with Gasteiger partial charge in [-0.1, -0.05) is 75.4 Å². The maximum atomic E-state index is 12.8. The topological polar surface area (TPSA) is 67.8 Å². The van der Waals surface area contributed by atoms with Crippen LogP contribution in [-0.2, 0) is 34.0 Å². The van der Waals surface area contributed by atoms with Gasteiger partial charge in [0, 0.05) is 13.0 Å². The molecule has 1 amide bonds. The van der Waals surface area contributed by atoms with Crippen LogP contribution in [0.3, 0.4) is 0 Å². The third-order valence-electron chi connectivity index (χ3n) is 5.33. The van der Waals surface area contributed by atoms with Gasteiger partial charge in [-0.25, -0.2) is 0 Å². The number of ether oxygens (including phenoxy) is 2. The molecule has 2 aromatic carbocycles. The Morgan fingerprint density at radius 1 is 1.07 bits per heavy atom. The maximum absolute atomic E-state index is 12.8. The third-order valence-corrected chi connectivity index (χ3v) is 5.33. The molecular formula is C25H31NO4. The van der Waals surface area contributed by atoms with E-state index >= 15 is 0 Å². The highest BCUT2D eigenvalue weighted by Gasteiger charge is 2.34. The van der Waals surface area contributed by atoms with Crippen molar-refractivity contribution in [3.63, 3.8) is 0 Å². The summed E-state index contributed by atoms with van der Waals surface area (Å²) in [6, 6.07) is 17.4. The first kappa shape index (κ1) is 22.1. The molecule has 30 heavy (non-hydrogen) atoms. The van der Waals surface area contributed by atoms with Crippen molar-refractivity contribution in [3.05, 3.63) is 83.1 Å². The van der Waals surface area contributed by atoms with Crippen LogP contribution in [0.1, 0.15) is 43.9 Å². The number of amides is 1. The van der Waals surface area contributed by atoms with Crippen molar-refractivity contribution in [2.24, 2.45) is 11.3 Å². The molecule has 2 N–H and O–H groups in total. The van der Waals surface area contributed by atoms with Crippen LogP contribution in [0.15, 0.2) is 66.4 Å². The maximum Gasteiger partial charge on any atom is 0.286 e. The minimum atomic E-state index is -0.491. The normalized spacial score (nSPS) is 19.0. The van der Waals surface area contributed by atoms with Gasteiger partial charge < -0.3 is 19.9 Å². The van der Waals surface area contributed by atoms with E-state index in [9.17, 15) is 4.79 Å². The molecule has 5 heteroatoms. The Morgan fingerprint density at radius 3 is 2.37 bits per heavy atom. The number of hydrogen-bond acceptors (Lipinski definition) is 4. The van der Waals surface area contributed by atoms with Crippen LogP contribution in [0.5, 0.6) is 0 Å². The van der Waals surface area contributed by atoms with Crippen LogP contribution in [-0.4, -0.2) is 17.3 Å². The van der Waals surface area contributed by atoms with Crippen LogP contribution in [0, 0.1) is 11.3 Å². The summed E-state index contributed by atoms with van der Waals surface area (Å²) in [7, 11) is 0. The monoisotopic (exact) mass is 409 g/mol. The molecule has 0 unspecified atom stereocenters. The number of carbonyl (C=O) groups excluding carboxylic acids is 1. The van der Waals surface area contributed by atoms with Gasteiger partial charge in [0.05, 0.1) is 13.2 Å². The first-order valence-electron chi connectivity index (χ1n) is 10.4. The molecule has 2 atom stereocenters. The Hall–Kier alpha value is -2.63. The largest absolute Gasteiger partial charge is 0.459 e. The lowest BCUT2D eigenvalue weighted by molar-refractivity contribution is -0.157. The second kappa shape index (κ2) is 9.92. The highest BCUT2D eigenvalue weighted by Crippen LogP contribution is 2.36. The molecule has 0 bridgehead atoms. The molecule has 1 aliphatic heterocycles. The smallest absolute Gasteiger partial charge is 0.286 e. The summed E-state index contributed by atoms with van der Waals surface area (Å²) < 4.78 is 11.9. The van der Waals surface area contributed by atoms with Crippen LogP contribution in [0.4, 0.5) is 0 Å². The van der Waals surface area contributed by atoms with Gasteiger partial charge in [0.1, 0.15) is 0 Å². The zero-order valence-electron chi connectivity index (χ0n) is 17.9. The average Bonchev–Trinajstić information content (AvgIpc) is 2.76. The van der Waals surface area contributed by atoms with Crippen LogP contribution in [0.2, 0.25) is 0 Å². The lowest BCUT2D eigenvalue weighted by Crippen LogP contribution is -2.36. The summed E-state index contributed by atoms with van der Waals surface area (Å²) in [6.07, 6.45) is 2.12. The fourth-order valence-electron chi connectivity index (χ4n) is 3.32. The van der Waals surface area contributed by atoms with Crippen molar-refractivity contribution in [1.82, 2.24) is 5.32 Å². The van der Waals surface area contributed by atoms with Gasteiger partial charge in [0.2, 0.25) is 6.29 Å². The van der Waals surface area contributed by atoms with Crippen molar-refractivity contribution in [2.45, 2.75) is 53.2 Å². The minimum absolute atomic E-state index is 0.0148. The predicted octanol–water partition coefficient (Wildman–Crippen LogP) is 4.30. The summed E-state index contributed by atoms with van der Waals surface area (Å²) in [4.78, 5) is 12.8. The first-order valence-corrected chi connectivity index (χ1v) is 10.4. The summed E-state index contributed by atoms with van der Waals surface area (Å²) in [5.74, 6) is 0.247. The molecular weight excluding hydrogens is 378 g/mol. The van der Waals surface area contributed by atoms with E-state index in [1.54, 1.807) is 0 Å². The van der Waals surface area contributed by atoms with Gasteiger partial charge >= 0.3 is 0 Å². The van der Waals surface area contributed by atoms with E-state index in [0.29, 0.717) is 25.3 Å². The lowest BCUT2D eigenvalue weighted by atomic mass is 9.77. The predicted molar refractivity (Wildman–Crippen MR) is 116 cm³/mol. The summed E-state index contributed by atoms with van der Waals surface area (Å²) in [5.41, 5.74) is 2.88. The van der Waals surface area contributed by atoms with Crippen LogP contribution >= 0.6 is 0 Å². The second-order valence-corrected chi connectivity index (χ2v) is 8.74. The van der Waals surface area contributed by atoms with Crippen molar-refractivity contribution < 1.29 is 19.4 Å². The zero-order chi connectivity index (χ0) is 21.6. The molecule has 0 aliphatic carbocycles. The van der Waals surface area contributed by atoms with Gasteiger partial charge in [-0.05, 0) is 34.1 Å². The third kappa shape index (κ3) is 6.18. The van der Waals surface area contributed by atoms with E-state index in [4.69, 9.17) is 14.6 Å². The van der Waals surface area contributed by atoms with Gasteiger partial charge in [-0.2, -0.15) is 0 Å². The number of carbonyl (C=O) groups is 1. The molecule has 1 heterocycles. The van der Waals surface area contributed by atoms with Crippen molar-refractivity contribution in [1.29, 1.82) is 0 Å². The van der Waals surface area contributed by atoms with Crippen molar-refractivity contribution >= 4 is 5.91 Å². The number of hydrogen-bond donors (Lipinski definition) is 2. The van der Waals surface area contributed by atoms with E-state index in [1.165, 1.54) is 0 Å². The molecule has 5 nitrogen and oxygen atoms in total. The van der Waals surface area contributed by atoms with E-state index in [0.717, 1.165) is 16.7 Å². The van der Waals surface area contributed by atoms with Gasteiger partial charge in [0.25, 0.3) is 5.91 Å². The molecule has 0 spiro atoms. The summed E-state index contributed by atoms with van der Waals surface area (Å²) in [6.45, 7) is 7.32. The number of aliphatic hydroxyl groups excluding tert-OH is 1. The summed E-state index contributed by atoms with van der Waals surface area (Å²) in [5, 5.41) is 12.1. The van der Waals surface area contributed by atoms with Crippen LogP contribution in [0.25, 0.3) is 0 Å². The molecule has 160 valence electrons. The van der Waals surface area contributed by atoms with Crippen molar-refractivity contribution in [2.75, 3.05) is 0 Å².